The Balaban J connectivity index is 2.29. The van der Waals surface area contributed by atoms with Gasteiger partial charge in [0.05, 0.1) is 6.04 Å². The highest BCUT2D eigenvalue weighted by atomic mass is 16.6. The van der Waals surface area contributed by atoms with Gasteiger partial charge in [-0.1, -0.05) is 0 Å². The predicted octanol–water partition coefficient (Wildman–Crippen LogP) is 2.14. The van der Waals surface area contributed by atoms with Crippen LogP contribution in [0.25, 0.3) is 0 Å². The molecule has 1 rings (SSSR count). The van der Waals surface area contributed by atoms with E-state index in [1.807, 2.05) is 41.5 Å². The van der Waals surface area contributed by atoms with Crippen molar-refractivity contribution < 1.29 is 14.3 Å². The van der Waals surface area contributed by atoms with Gasteiger partial charge in [-0.2, -0.15) is 0 Å². The minimum Gasteiger partial charge on any atom is -0.444 e. The Bertz CT molecular complexity index is 396. The molecule has 0 aromatic carbocycles. The highest BCUT2D eigenvalue weighted by Crippen LogP contribution is 2.19. The molecule has 2 N–H and O–H groups in total. The van der Waals surface area contributed by atoms with Crippen molar-refractivity contribution in [2.24, 2.45) is 5.92 Å². The summed E-state index contributed by atoms with van der Waals surface area (Å²) < 4.78 is 5.40. The maximum atomic E-state index is 12.0. The van der Waals surface area contributed by atoms with Crippen molar-refractivity contribution in [3.63, 3.8) is 0 Å². The van der Waals surface area contributed by atoms with Gasteiger partial charge >= 0.3 is 6.09 Å². The minimum atomic E-state index is -0.450. The molecule has 0 aliphatic carbocycles. The lowest BCUT2D eigenvalue weighted by molar-refractivity contribution is -0.123. The van der Waals surface area contributed by atoms with Crippen molar-refractivity contribution in [3.8, 4) is 0 Å². The van der Waals surface area contributed by atoms with Crippen LogP contribution in [0.2, 0.25) is 0 Å². The smallest absolute Gasteiger partial charge is 0.410 e. The molecule has 1 aliphatic heterocycles. The predicted molar refractivity (Wildman–Crippen MR) is 91.3 cm³/mol. The zero-order valence-corrected chi connectivity index (χ0v) is 15.4. The van der Waals surface area contributed by atoms with Crippen molar-refractivity contribution in [1.82, 2.24) is 15.5 Å². The molecule has 6 heteroatoms. The van der Waals surface area contributed by atoms with Gasteiger partial charge < -0.3 is 20.3 Å². The van der Waals surface area contributed by atoms with E-state index in [-0.39, 0.29) is 24.1 Å². The molecular formula is C17H33N3O3. The van der Waals surface area contributed by atoms with Crippen LogP contribution in [0.15, 0.2) is 0 Å². The third kappa shape index (κ3) is 7.68. The van der Waals surface area contributed by atoms with E-state index in [1.54, 1.807) is 4.90 Å². The van der Waals surface area contributed by atoms with Gasteiger partial charge in [-0.05, 0) is 66.8 Å². The number of piperidine rings is 1. The average Bonchev–Trinajstić information content (AvgIpc) is 2.42. The second kappa shape index (κ2) is 8.52. The zero-order valence-electron chi connectivity index (χ0n) is 15.4. The SMILES string of the molecule is CC(C)NC(=O)C(C)NCC1CCN(C(=O)OC(C)(C)C)CC1. The van der Waals surface area contributed by atoms with Gasteiger partial charge in [0.1, 0.15) is 5.60 Å². The Morgan fingerprint density at radius 1 is 1.17 bits per heavy atom. The first kappa shape index (κ1) is 19.7. The van der Waals surface area contributed by atoms with Crippen LogP contribution in [-0.2, 0) is 9.53 Å². The van der Waals surface area contributed by atoms with E-state index >= 15 is 0 Å². The fourth-order valence-electron chi connectivity index (χ4n) is 2.49. The van der Waals surface area contributed by atoms with Crippen LogP contribution >= 0.6 is 0 Å². The molecule has 0 spiro atoms. The number of hydrogen-bond acceptors (Lipinski definition) is 4. The number of carbonyl (C=O) groups is 2. The molecule has 134 valence electrons. The highest BCUT2D eigenvalue weighted by Gasteiger charge is 2.27. The fourth-order valence-corrected chi connectivity index (χ4v) is 2.49. The van der Waals surface area contributed by atoms with Crippen molar-refractivity contribution in [1.29, 1.82) is 0 Å². The molecule has 0 saturated carbocycles. The highest BCUT2D eigenvalue weighted by molar-refractivity contribution is 5.81. The van der Waals surface area contributed by atoms with Gasteiger partial charge in [0.15, 0.2) is 0 Å². The van der Waals surface area contributed by atoms with E-state index in [9.17, 15) is 9.59 Å². The third-order valence-electron chi connectivity index (χ3n) is 3.80. The molecule has 6 nitrogen and oxygen atoms in total. The van der Waals surface area contributed by atoms with E-state index in [0.717, 1.165) is 19.4 Å². The van der Waals surface area contributed by atoms with Crippen LogP contribution in [0.4, 0.5) is 4.79 Å². The molecule has 1 atom stereocenters. The number of rotatable bonds is 5. The van der Waals surface area contributed by atoms with E-state index in [0.29, 0.717) is 19.0 Å². The number of amides is 2. The summed E-state index contributed by atoms with van der Waals surface area (Å²) in [4.78, 5) is 25.6. The number of likely N-dealkylation sites (tertiary alicyclic amines) is 1. The zero-order chi connectivity index (χ0) is 17.6. The number of hydrogen-bond donors (Lipinski definition) is 2. The first-order valence-corrected chi connectivity index (χ1v) is 8.60. The number of carbonyl (C=O) groups excluding carboxylic acids is 2. The molecular weight excluding hydrogens is 294 g/mol. The lowest BCUT2D eigenvalue weighted by Crippen LogP contribution is -2.47. The summed E-state index contributed by atoms with van der Waals surface area (Å²) in [6.07, 6.45) is 1.64. The van der Waals surface area contributed by atoms with Crippen molar-refractivity contribution in [2.45, 2.75) is 72.1 Å². The Morgan fingerprint density at radius 3 is 2.22 bits per heavy atom. The standard InChI is InChI=1S/C17H33N3O3/c1-12(2)19-15(21)13(3)18-11-14-7-9-20(10-8-14)16(22)23-17(4,5)6/h12-14,18H,7-11H2,1-6H3,(H,19,21). The molecule has 1 unspecified atom stereocenters. The third-order valence-corrected chi connectivity index (χ3v) is 3.80. The summed E-state index contributed by atoms with van der Waals surface area (Å²) >= 11 is 0. The molecule has 0 radical (unpaired) electrons. The molecule has 1 saturated heterocycles. The normalized spacial score (nSPS) is 18.0. The molecule has 0 bridgehead atoms. The number of nitrogens with one attached hydrogen (secondary N) is 2. The first-order valence-electron chi connectivity index (χ1n) is 8.60. The van der Waals surface area contributed by atoms with Crippen molar-refractivity contribution >= 4 is 12.0 Å². The van der Waals surface area contributed by atoms with Gasteiger partial charge in [0.25, 0.3) is 0 Å². The molecule has 0 aromatic heterocycles. The van der Waals surface area contributed by atoms with Gasteiger partial charge in [-0.3, -0.25) is 4.79 Å². The Morgan fingerprint density at radius 2 is 1.74 bits per heavy atom. The van der Waals surface area contributed by atoms with Crippen molar-refractivity contribution in [2.75, 3.05) is 19.6 Å². The number of nitrogens with zero attached hydrogens (tertiary/aromatic N) is 1. The molecule has 2 amide bonds. The van der Waals surface area contributed by atoms with Crippen LogP contribution in [0.5, 0.6) is 0 Å². The van der Waals surface area contributed by atoms with E-state index in [1.165, 1.54) is 0 Å². The van der Waals surface area contributed by atoms with Crippen LogP contribution < -0.4 is 10.6 Å². The summed E-state index contributed by atoms with van der Waals surface area (Å²) in [5.41, 5.74) is -0.450. The Hall–Kier alpha value is -1.30. The molecule has 0 aromatic rings. The van der Waals surface area contributed by atoms with E-state index < -0.39 is 5.60 Å². The van der Waals surface area contributed by atoms with Gasteiger partial charge in [0.2, 0.25) is 5.91 Å². The second-order valence-corrected chi connectivity index (χ2v) is 7.70. The first-order chi connectivity index (χ1) is 10.6. The Labute approximate surface area is 140 Å². The molecule has 1 aliphatic rings. The second-order valence-electron chi connectivity index (χ2n) is 7.70. The lowest BCUT2D eigenvalue weighted by atomic mass is 9.97. The lowest BCUT2D eigenvalue weighted by Gasteiger charge is -2.33. The van der Waals surface area contributed by atoms with Gasteiger partial charge in [-0.15, -0.1) is 0 Å². The van der Waals surface area contributed by atoms with Crippen molar-refractivity contribution in [3.05, 3.63) is 0 Å². The Kier molecular flexibility index (Phi) is 7.32. The largest absolute Gasteiger partial charge is 0.444 e. The fraction of sp³-hybridized carbons (Fsp3) is 0.882. The number of ether oxygens (including phenoxy) is 1. The maximum absolute atomic E-state index is 12.0. The van der Waals surface area contributed by atoms with Crippen LogP contribution in [0.3, 0.4) is 0 Å². The molecule has 1 heterocycles. The van der Waals surface area contributed by atoms with Crippen LogP contribution in [-0.4, -0.2) is 54.2 Å². The van der Waals surface area contributed by atoms with E-state index in [2.05, 4.69) is 10.6 Å². The van der Waals surface area contributed by atoms with Gasteiger partial charge in [0, 0.05) is 19.1 Å². The topological polar surface area (TPSA) is 70.7 Å². The summed E-state index contributed by atoms with van der Waals surface area (Å²) in [7, 11) is 0. The molecule has 1 fully saturated rings. The van der Waals surface area contributed by atoms with Crippen LogP contribution in [0, 0.1) is 5.92 Å². The summed E-state index contributed by atoms with van der Waals surface area (Å²) in [5, 5.41) is 6.20. The quantitative estimate of drug-likeness (QED) is 0.811. The maximum Gasteiger partial charge on any atom is 0.410 e. The average molecular weight is 327 g/mol. The van der Waals surface area contributed by atoms with E-state index in [4.69, 9.17) is 4.74 Å². The monoisotopic (exact) mass is 327 g/mol. The van der Waals surface area contributed by atoms with Gasteiger partial charge in [-0.25, -0.2) is 4.79 Å². The molecule has 23 heavy (non-hydrogen) atoms. The minimum absolute atomic E-state index is 0.0335. The summed E-state index contributed by atoms with van der Waals surface area (Å²) in [6, 6.07) is -0.0369. The summed E-state index contributed by atoms with van der Waals surface area (Å²) in [6.45, 7) is 13.7. The summed E-state index contributed by atoms with van der Waals surface area (Å²) in [5.74, 6) is 0.522. The van der Waals surface area contributed by atoms with Crippen LogP contribution in [0.1, 0.15) is 54.4 Å².